The second-order valence-corrected chi connectivity index (χ2v) is 7.25. The van der Waals surface area contributed by atoms with E-state index in [0.717, 1.165) is 22.8 Å². The average Bonchev–Trinajstić information content (AvgIpc) is 2.53. The van der Waals surface area contributed by atoms with Gasteiger partial charge in [0.1, 0.15) is 0 Å². The number of benzene rings is 1. The molecule has 1 heterocycles. The predicted octanol–water partition coefficient (Wildman–Crippen LogP) is 2.53. The summed E-state index contributed by atoms with van der Waals surface area (Å²) >= 11 is 2.18. The molecular formula is C16H19IN4O3. The van der Waals surface area contributed by atoms with Crippen molar-refractivity contribution in [3.63, 3.8) is 0 Å². The number of hydrogen-bond donors (Lipinski definition) is 3. The van der Waals surface area contributed by atoms with Crippen molar-refractivity contribution in [2.45, 2.75) is 37.8 Å². The Morgan fingerprint density at radius 2 is 2.12 bits per heavy atom. The maximum Gasteiger partial charge on any atom is 0.404 e. The summed E-state index contributed by atoms with van der Waals surface area (Å²) < 4.78 is 2.45. The van der Waals surface area contributed by atoms with Crippen LogP contribution < -0.4 is 16.2 Å². The zero-order valence-corrected chi connectivity index (χ0v) is 15.4. The van der Waals surface area contributed by atoms with Crippen LogP contribution in [0.4, 0.5) is 10.7 Å². The van der Waals surface area contributed by atoms with Gasteiger partial charge in [0.2, 0.25) is 5.95 Å². The molecule has 0 unspecified atom stereocenters. The van der Waals surface area contributed by atoms with E-state index in [1.807, 2.05) is 12.1 Å². The Hall–Kier alpha value is -1.84. The molecule has 7 nitrogen and oxygen atoms in total. The molecule has 8 heteroatoms. The highest BCUT2D eigenvalue weighted by Crippen LogP contribution is 2.23. The molecule has 0 radical (unpaired) electrons. The summed E-state index contributed by atoms with van der Waals surface area (Å²) in [7, 11) is 1.70. The molecule has 24 heavy (non-hydrogen) atoms. The molecule has 1 aromatic carbocycles. The van der Waals surface area contributed by atoms with Gasteiger partial charge < -0.3 is 15.7 Å². The zero-order valence-electron chi connectivity index (χ0n) is 13.3. The van der Waals surface area contributed by atoms with Crippen LogP contribution in [0.15, 0.2) is 23.0 Å². The number of nitrogens with one attached hydrogen (secondary N) is 2. The third-order valence-electron chi connectivity index (χ3n) is 4.39. The number of hydrogen-bond acceptors (Lipinski definition) is 4. The fraction of sp³-hybridized carbons (Fsp3) is 0.438. The van der Waals surface area contributed by atoms with Crippen LogP contribution in [-0.2, 0) is 7.05 Å². The highest BCUT2D eigenvalue weighted by molar-refractivity contribution is 14.1. The van der Waals surface area contributed by atoms with Crippen molar-refractivity contribution in [2.24, 2.45) is 7.05 Å². The van der Waals surface area contributed by atoms with Crippen LogP contribution in [0.25, 0.3) is 10.9 Å². The Kier molecular flexibility index (Phi) is 4.93. The SMILES string of the molecule is Cn1c(N[C@@H]2CCC[C@H](NC(=O)O)C2)nc2c(I)cccc2c1=O. The van der Waals surface area contributed by atoms with Crippen molar-refractivity contribution >= 4 is 45.5 Å². The van der Waals surface area contributed by atoms with Crippen LogP contribution in [0.2, 0.25) is 0 Å². The van der Waals surface area contributed by atoms with E-state index in [4.69, 9.17) is 5.11 Å². The number of carboxylic acid groups (broad SMARTS) is 1. The first-order valence-corrected chi connectivity index (χ1v) is 8.95. The van der Waals surface area contributed by atoms with Crippen LogP contribution in [0.3, 0.4) is 0 Å². The molecule has 0 spiro atoms. The molecule has 2 aromatic rings. The van der Waals surface area contributed by atoms with E-state index in [1.54, 1.807) is 13.1 Å². The Bertz CT molecular complexity index is 836. The molecule has 3 N–H and O–H groups in total. The molecule has 0 saturated heterocycles. The van der Waals surface area contributed by atoms with Gasteiger partial charge in [-0.15, -0.1) is 0 Å². The van der Waals surface area contributed by atoms with E-state index in [9.17, 15) is 9.59 Å². The number of anilines is 1. The number of fused-ring (bicyclic) bond motifs is 1. The highest BCUT2D eigenvalue weighted by atomic mass is 127. The summed E-state index contributed by atoms with van der Waals surface area (Å²) in [4.78, 5) is 28.0. The second kappa shape index (κ2) is 6.96. The van der Waals surface area contributed by atoms with Crippen LogP contribution in [0.1, 0.15) is 25.7 Å². The Balaban J connectivity index is 1.87. The largest absolute Gasteiger partial charge is 0.465 e. The third-order valence-corrected chi connectivity index (χ3v) is 5.26. The lowest BCUT2D eigenvalue weighted by molar-refractivity contribution is 0.185. The van der Waals surface area contributed by atoms with Crippen LogP contribution in [0.5, 0.6) is 0 Å². The average molecular weight is 442 g/mol. The smallest absolute Gasteiger partial charge is 0.404 e. The minimum Gasteiger partial charge on any atom is -0.465 e. The Morgan fingerprint density at radius 1 is 1.38 bits per heavy atom. The molecule has 3 rings (SSSR count). The van der Waals surface area contributed by atoms with Gasteiger partial charge in [-0.1, -0.05) is 6.07 Å². The summed E-state index contributed by atoms with van der Waals surface area (Å²) in [6, 6.07) is 5.58. The standard InChI is InChI=1S/C16H19IN4O3/c1-21-14(22)11-6-3-7-12(17)13(11)20-15(21)18-9-4-2-5-10(8-9)19-16(23)24/h3,6-7,9-10,19H,2,4-5,8H2,1H3,(H,18,20)(H,23,24)/t9-,10+/m1/s1. The molecule has 128 valence electrons. The van der Waals surface area contributed by atoms with Gasteiger partial charge in [0.25, 0.3) is 5.56 Å². The molecule has 1 fully saturated rings. The first-order valence-electron chi connectivity index (χ1n) is 7.87. The molecule has 1 aromatic heterocycles. The maximum atomic E-state index is 12.5. The fourth-order valence-electron chi connectivity index (χ4n) is 3.20. The molecule has 1 aliphatic carbocycles. The van der Waals surface area contributed by atoms with Gasteiger partial charge in [0.05, 0.1) is 10.9 Å². The number of rotatable bonds is 3. The monoisotopic (exact) mass is 442 g/mol. The second-order valence-electron chi connectivity index (χ2n) is 6.09. The minimum absolute atomic E-state index is 0.0635. The molecule has 2 atom stereocenters. The van der Waals surface area contributed by atoms with Crippen molar-refractivity contribution in [1.82, 2.24) is 14.9 Å². The van der Waals surface area contributed by atoms with Gasteiger partial charge in [-0.05, 0) is 60.4 Å². The molecule has 0 bridgehead atoms. The first kappa shape index (κ1) is 17.0. The minimum atomic E-state index is -0.994. The first-order chi connectivity index (χ1) is 11.5. The van der Waals surface area contributed by atoms with Crippen LogP contribution in [-0.4, -0.2) is 32.8 Å². The molecule has 1 saturated carbocycles. The zero-order chi connectivity index (χ0) is 17.3. The normalized spacial score (nSPS) is 20.8. The Morgan fingerprint density at radius 3 is 2.88 bits per heavy atom. The topological polar surface area (TPSA) is 96.2 Å². The van der Waals surface area contributed by atoms with Crippen molar-refractivity contribution < 1.29 is 9.90 Å². The number of nitrogens with zero attached hydrogens (tertiary/aromatic N) is 2. The molecule has 0 aliphatic heterocycles. The molecule has 1 amide bonds. The Labute approximate surface area is 152 Å². The van der Waals surface area contributed by atoms with E-state index in [0.29, 0.717) is 23.3 Å². The lowest BCUT2D eigenvalue weighted by Crippen LogP contribution is -2.41. The summed E-state index contributed by atoms with van der Waals surface area (Å²) in [6.45, 7) is 0. The van der Waals surface area contributed by atoms with Gasteiger partial charge in [-0.3, -0.25) is 9.36 Å². The lowest BCUT2D eigenvalue weighted by Gasteiger charge is -2.30. The van der Waals surface area contributed by atoms with Gasteiger partial charge in [-0.25, -0.2) is 9.78 Å². The van der Waals surface area contributed by atoms with Crippen LogP contribution >= 0.6 is 22.6 Å². The summed E-state index contributed by atoms with van der Waals surface area (Å²) in [5.41, 5.74) is 0.608. The van der Waals surface area contributed by atoms with E-state index in [1.165, 1.54) is 4.57 Å². The predicted molar refractivity (Wildman–Crippen MR) is 101 cm³/mol. The lowest BCUT2D eigenvalue weighted by atomic mass is 9.91. The number of aromatic nitrogens is 2. The number of halogens is 1. The van der Waals surface area contributed by atoms with Crippen LogP contribution in [0, 0.1) is 3.57 Å². The summed E-state index contributed by atoms with van der Waals surface area (Å²) in [5, 5.41) is 15.4. The number of amides is 1. The van der Waals surface area contributed by atoms with E-state index < -0.39 is 6.09 Å². The molecule has 1 aliphatic rings. The van der Waals surface area contributed by atoms with Gasteiger partial charge in [0.15, 0.2) is 0 Å². The van der Waals surface area contributed by atoms with Gasteiger partial charge in [0, 0.05) is 22.7 Å². The quantitative estimate of drug-likeness (QED) is 0.635. The van der Waals surface area contributed by atoms with Gasteiger partial charge >= 0.3 is 6.09 Å². The maximum absolute atomic E-state index is 12.5. The van der Waals surface area contributed by atoms with Crippen molar-refractivity contribution in [3.05, 3.63) is 32.1 Å². The van der Waals surface area contributed by atoms with E-state index >= 15 is 0 Å². The van der Waals surface area contributed by atoms with Crippen molar-refractivity contribution in [2.75, 3.05) is 5.32 Å². The number of carbonyl (C=O) groups is 1. The number of para-hydroxylation sites is 1. The van der Waals surface area contributed by atoms with Gasteiger partial charge in [-0.2, -0.15) is 0 Å². The summed E-state index contributed by atoms with van der Waals surface area (Å²) in [5.74, 6) is 0.526. The van der Waals surface area contributed by atoms with Crippen molar-refractivity contribution in [1.29, 1.82) is 0 Å². The van der Waals surface area contributed by atoms with Crippen molar-refractivity contribution in [3.8, 4) is 0 Å². The van der Waals surface area contributed by atoms with E-state index in [2.05, 4.69) is 38.2 Å². The fourth-order valence-corrected chi connectivity index (χ4v) is 3.82. The van der Waals surface area contributed by atoms with E-state index in [-0.39, 0.29) is 17.6 Å². The molecular weight excluding hydrogens is 423 g/mol. The summed E-state index contributed by atoms with van der Waals surface area (Å²) in [6.07, 6.45) is 2.39. The highest BCUT2D eigenvalue weighted by Gasteiger charge is 2.24. The third kappa shape index (κ3) is 3.47.